The van der Waals surface area contributed by atoms with E-state index in [9.17, 15) is 26.8 Å². The molecule has 4 aliphatic rings. The van der Waals surface area contributed by atoms with Crippen molar-refractivity contribution in [2.75, 3.05) is 37.7 Å². The van der Waals surface area contributed by atoms with Gasteiger partial charge in [0.25, 0.3) is 21.9 Å². The number of hydrogen-bond donors (Lipinski definition) is 1. The number of nitrogens with zero attached hydrogens (tertiary/aromatic N) is 2. The quantitative estimate of drug-likeness (QED) is 0.352. The van der Waals surface area contributed by atoms with Gasteiger partial charge in [-0.3, -0.25) is 4.79 Å². The predicted octanol–water partition coefficient (Wildman–Crippen LogP) is 6.10. The molecular formula is C35H42ClF2N3O7S. The lowest BCUT2D eigenvalue weighted by atomic mass is 9.70. The average molecular weight is 722 g/mol. The highest BCUT2D eigenvalue weighted by Crippen LogP contribution is 2.42. The maximum Gasteiger partial charge on any atom is 0.410 e. The topological polar surface area (TPSA) is 114 Å². The molecule has 1 saturated carbocycles. The summed E-state index contributed by atoms with van der Waals surface area (Å²) < 4.78 is 75.2. The van der Waals surface area contributed by atoms with Crippen molar-refractivity contribution in [1.29, 1.82) is 0 Å². The van der Waals surface area contributed by atoms with Crippen molar-refractivity contribution in [2.24, 2.45) is 11.8 Å². The number of aryl methyl sites for hydroxylation is 1. The van der Waals surface area contributed by atoms with Gasteiger partial charge in [0, 0.05) is 37.0 Å². The van der Waals surface area contributed by atoms with Crippen LogP contribution >= 0.6 is 11.6 Å². The predicted molar refractivity (Wildman–Crippen MR) is 179 cm³/mol. The van der Waals surface area contributed by atoms with Gasteiger partial charge in [0.05, 0.1) is 23.7 Å². The second-order valence-corrected chi connectivity index (χ2v) is 15.9. The van der Waals surface area contributed by atoms with Gasteiger partial charge in [-0.15, -0.1) is 0 Å². The van der Waals surface area contributed by atoms with Gasteiger partial charge in [-0.1, -0.05) is 23.7 Å². The van der Waals surface area contributed by atoms with Gasteiger partial charge in [0.15, 0.2) is 0 Å². The number of amides is 2. The summed E-state index contributed by atoms with van der Waals surface area (Å²) in [6.07, 6.45) is 5.35. The van der Waals surface area contributed by atoms with Crippen LogP contribution in [0.4, 0.5) is 19.3 Å². The van der Waals surface area contributed by atoms with Crippen LogP contribution in [0.25, 0.3) is 0 Å². The maximum atomic E-state index is 13.9. The molecule has 3 atom stereocenters. The van der Waals surface area contributed by atoms with Gasteiger partial charge in [-0.05, 0) is 99.4 Å². The Kier molecular flexibility index (Phi) is 10.2. The second kappa shape index (κ2) is 14.1. The molecule has 6 rings (SSSR count). The molecule has 0 radical (unpaired) electrons. The maximum absolute atomic E-state index is 13.9. The highest BCUT2D eigenvalue weighted by Gasteiger charge is 2.44. The molecule has 10 nitrogen and oxygen atoms in total. The molecule has 3 aliphatic heterocycles. The van der Waals surface area contributed by atoms with Crippen molar-refractivity contribution in [2.45, 2.75) is 81.5 Å². The lowest BCUT2D eigenvalue weighted by Gasteiger charge is -2.43. The highest BCUT2D eigenvalue weighted by molar-refractivity contribution is 7.90. The van der Waals surface area contributed by atoms with Crippen molar-refractivity contribution in [1.82, 2.24) is 9.62 Å². The van der Waals surface area contributed by atoms with Crippen LogP contribution in [-0.4, -0.2) is 75.7 Å². The first-order valence-electron chi connectivity index (χ1n) is 16.7. The number of anilines is 1. The zero-order valence-corrected chi connectivity index (χ0v) is 29.2. The van der Waals surface area contributed by atoms with Gasteiger partial charge >= 0.3 is 6.09 Å². The molecule has 49 heavy (non-hydrogen) atoms. The molecule has 2 amide bonds. The van der Waals surface area contributed by atoms with Crippen molar-refractivity contribution in [3.8, 4) is 5.75 Å². The van der Waals surface area contributed by atoms with Gasteiger partial charge in [0.2, 0.25) is 0 Å². The molecule has 1 saturated heterocycles. The van der Waals surface area contributed by atoms with E-state index in [1.54, 1.807) is 18.2 Å². The molecule has 2 aromatic rings. The Morgan fingerprint density at radius 1 is 1.08 bits per heavy atom. The van der Waals surface area contributed by atoms with E-state index in [1.165, 1.54) is 26.0 Å². The minimum Gasteiger partial charge on any atom is -0.487 e. The number of carbonyl (C=O) groups excluding carboxylic acids is 2. The zero-order valence-electron chi connectivity index (χ0n) is 27.6. The van der Waals surface area contributed by atoms with Crippen molar-refractivity contribution >= 4 is 39.3 Å². The number of fused-ring (bicyclic) bond motifs is 3. The molecule has 0 aromatic heterocycles. The number of sulfonamides is 1. The van der Waals surface area contributed by atoms with Crippen molar-refractivity contribution in [3.63, 3.8) is 0 Å². The Morgan fingerprint density at radius 3 is 2.63 bits per heavy atom. The molecule has 1 aliphatic carbocycles. The van der Waals surface area contributed by atoms with Crippen LogP contribution in [0.3, 0.4) is 0 Å². The fourth-order valence-electron chi connectivity index (χ4n) is 6.79. The summed E-state index contributed by atoms with van der Waals surface area (Å²) in [6, 6.07) is 10.3. The van der Waals surface area contributed by atoms with Gasteiger partial charge in [0.1, 0.15) is 24.1 Å². The standard InChI is InChI=1S/C35H42ClF2N3O7S/c1-34(2)32(42)39-49(44,45)27-11-13-31-29(19-27)40(15-4-3-6-23-18-26(36)10-8-25(23)21-46-31)20-24-9-12-28(24)30(7-5-17-47-34)48-33(43)41-16-14-35(37,38)22-41/h5,7-8,10-11,13,18-19,24,28,30H,3-4,6,9,12,14-17,20-22H2,1-2H3,(H,39,42)/b7-5+/t24-,28+,30-/m0/s1. The molecule has 0 spiro atoms. The fourth-order valence-corrected chi connectivity index (χ4v) is 8.11. The summed E-state index contributed by atoms with van der Waals surface area (Å²) in [5, 5.41) is 0.642. The third-order valence-electron chi connectivity index (χ3n) is 9.92. The first kappa shape index (κ1) is 35.4. The minimum absolute atomic E-state index is 0.0293. The Balaban J connectivity index is 1.35. The minimum atomic E-state index is -4.29. The number of ether oxygens (including phenoxy) is 3. The van der Waals surface area contributed by atoms with Crippen molar-refractivity contribution in [3.05, 3.63) is 64.7 Å². The summed E-state index contributed by atoms with van der Waals surface area (Å²) in [7, 11) is -4.29. The summed E-state index contributed by atoms with van der Waals surface area (Å²) >= 11 is 6.31. The number of nitrogens with one attached hydrogen (secondary N) is 1. The van der Waals surface area contributed by atoms with Crippen LogP contribution in [-0.2, 0) is 37.3 Å². The molecule has 3 heterocycles. The number of hydrogen-bond acceptors (Lipinski definition) is 8. The average Bonchev–Trinajstić information content (AvgIpc) is 3.39. The van der Waals surface area contributed by atoms with Crippen LogP contribution in [0.5, 0.6) is 5.75 Å². The number of likely N-dealkylation sites (tertiary alicyclic amines) is 1. The fraction of sp³-hybridized carbons (Fsp3) is 0.543. The third kappa shape index (κ3) is 8.15. The summed E-state index contributed by atoms with van der Waals surface area (Å²) in [5.41, 5.74) is 1.09. The van der Waals surface area contributed by atoms with Gasteiger partial charge in [-0.2, -0.15) is 0 Å². The lowest BCUT2D eigenvalue weighted by Crippen LogP contribution is -2.47. The van der Waals surface area contributed by atoms with Crippen molar-refractivity contribution < 1.29 is 41.0 Å². The Labute approximate surface area is 290 Å². The van der Waals surface area contributed by atoms with E-state index in [0.29, 0.717) is 29.5 Å². The molecule has 1 N–H and O–H groups in total. The zero-order chi connectivity index (χ0) is 35.0. The van der Waals surface area contributed by atoms with E-state index in [4.69, 9.17) is 25.8 Å². The van der Waals surface area contributed by atoms with Gasteiger partial charge < -0.3 is 24.0 Å². The lowest BCUT2D eigenvalue weighted by molar-refractivity contribution is -0.139. The Hall–Kier alpha value is -3.42. The Bertz CT molecular complexity index is 1720. The van der Waals surface area contributed by atoms with Crippen LogP contribution in [0, 0.1) is 11.8 Å². The van der Waals surface area contributed by atoms with Crippen LogP contribution < -0.4 is 14.4 Å². The van der Waals surface area contributed by atoms with Crippen LogP contribution in [0.2, 0.25) is 5.02 Å². The molecule has 2 fully saturated rings. The smallest absolute Gasteiger partial charge is 0.410 e. The normalized spacial score (nSPS) is 27.2. The number of rotatable bonds is 1. The van der Waals surface area contributed by atoms with E-state index in [2.05, 4.69) is 9.62 Å². The molecule has 2 aromatic carbocycles. The summed E-state index contributed by atoms with van der Waals surface area (Å²) in [6.45, 7) is 3.38. The molecule has 14 heteroatoms. The largest absolute Gasteiger partial charge is 0.487 e. The monoisotopic (exact) mass is 721 g/mol. The molecule has 2 bridgehead atoms. The molecular weight excluding hydrogens is 680 g/mol. The Morgan fingerprint density at radius 2 is 1.90 bits per heavy atom. The van der Waals surface area contributed by atoms with Crippen LogP contribution in [0.15, 0.2) is 53.4 Å². The number of halogens is 3. The third-order valence-corrected chi connectivity index (χ3v) is 11.5. The van der Waals surface area contributed by atoms with Crippen LogP contribution in [0.1, 0.15) is 57.1 Å². The SMILES string of the molecule is CC1(C)OC/C=C/[C@H](OC(=O)N2CCC(F)(F)C2)[C@@H]2CC[C@H]2CN2CCCCc3cc(Cl)ccc3COc3ccc(cc32)S(=O)(=O)NC1=O. The van der Waals surface area contributed by atoms with Gasteiger partial charge in [-0.25, -0.2) is 26.7 Å². The van der Waals surface area contributed by atoms with E-state index in [1.807, 2.05) is 18.2 Å². The number of alkyl halides is 2. The number of carbonyl (C=O) groups is 2. The highest BCUT2D eigenvalue weighted by atomic mass is 35.5. The summed E-state index contributed by atoms with van der Waals surface area (Å²) in [4.78, 5) is 29.3. The second-order valence-electron chi connectivity index (χ2n) is 13.8. The molecule has 0 unspecified atom stereocenters. The summed E-state index contributed by atoms with van der Waals surface area (Å²) in [5.74, 6) is -3.43. The molecule has 266 valence electrons. The van der Waals surface area contributed by atoms with E-state index < -0.39 is 52.6 Å². The van der Waals surface area contributed by atoms with E-state index in [0.717, 1.165) is 48.1 Å². The first-order chi connectivity index (χ1) is 23.2. The van der Waals surface area contributed by atoms with E-state index >= 15 is 0 Å². The van der Waals surface area contributed by atoms with E-state index in [-0.39, 0.29) is 36.5 Å². The first-order valence-corrected chi connectivity index (χ1v) is 18.6. The number of benzene rings is 2.